The molecule has 3 heterocycles. The summed E-state index contributed by atoms with van der Waals surface area (Å²) in [5.41, 5.74) is 6.48. The maximum absolute atomic E-state index is 12.5. The quantitative estimate of drug-likeness (QED) is 0.650. The topological polar surface area (TPSA) is 110 Å². The molecule has 1 aromatic carbocycles. The molecule has 7 nitrogen and oxygen atoms in total. The third-order valence-electron chi connectivity index (χ3n) is 5.61. The molecular weight excluding hydrogens is 382 g/mol. The lowest BCUT2D eigenvalue weighted by molar-refractivity contribution is -0.118. The van der Waals surface area contributed by atoms with Gasteiger partial charge >= 0.3 is 0 Å². The second kappa shape index (κ2) is 8.67. The van der Waals surface area contributed by atoms with Crippen LogP contribution in [0.15, 0.2) is 51.8 Å². The van der Waals surface area contributed by atoms with E-state index in [0.29, 0.717) is 12.3 Å². The molecule has 3 aromatic rings. The summed E-state index contributed by atoms with van der Waals surface area (Å²) in [5.74, 6) is -1.18. The first-order valence-corrected chi connectivity index (χ1v) is 10.2. The van der Waals surface area contributed by atoms with E-state index in [1.165, 1.54) is 12.5 Å². The van der Waals surface area contributed by atoms with Crippen molar-refractivity contribution >= 4 is 16.8 Å². The number of rotatable bonds is 6. The molecule has 0 bridgehead atoms. The summed E-state index contributed by atoms with van der Waals surface area (Å²) in [6.07, 6.45) is 4.97. The highest BCUT2D eigenvalue weighted by atomic mass is 16.4. The van der Waals surface area contributed by atoms with Gasteiger partial charge in [-0.25, -0.2) is 0 Å². The second-order valence-electron chi connectivity index (χ2n) is 7.77. The molecule has 1 amide bonds. The molecular formula is C23H25N3O4. The van der Waals surface area contributed by atoms with Gasteiger partial charge in [-0.05, 0) is 43.6 Å². The third-order valence-corrected chi connectivity index (χ3v) is 5.61. The molecule has 0 unspecified atom stereocenters. The lowest BCUT2D eigenvalue weighted by atomic mass is 9.89. The number of benzene rings is 1. The number of primary amides is 1. The summed E-state index contributed by atoms with van der Waals surface area (Å²) in [4.78, 5) is 31.0. The van der Waals surface area contributed by atoms with Crippen LogP contribution in [0.25, 0.3) is 10.9 Å². The third kappa shape index (κ3) is 4.21. The number of nitrogens with zero attached hydrogens (tertiary/aromatic N) is 2. The van der Waals surface area contributed by atoms with Crippen LogP contribution in [0.3, 0.4) is 0 Å². The molecule has 1 saturated heterocycles. The Bertz CT molecular complexity index is 1110. The van der Waals surface area contributed by atoms with Gasteiger partial charge in [-0.15, -0.1) is 0 Å². The van der Waals surface area contributed by atoms with Crippen LogP contribution in [-0.2, 0) is 11.3 Å². The lowest BCUT2D eigenvalue weighted by Crippen LogP contribution is -2.29. The normalized spacial score (nSPS) is 15.9. The lowest BCUT2D eigenvalue weighted by Gasteiger charge is -2.26. The Hall–Kier alpha value is -3.19. The highest BCUT2D eigenvalue weighted by Gasteiger charge is 2.27. The number of carbonyl (C=O) groups is 1. The van der Waals surface area contributed by atoms with E-state index in [2.05, 4.69) is 9.88 Å². The van der Waals surface area contributed by atoms with Crippen molar-refractivity contribution in [1.29, 1.82) is 0 Å². The SMILES string of the molecule is NC(=O)C[C@@H](c1oc(CN2CCCCC2)cc(=O)c1O)c1ccnc2ccccc12. The Kier molecular flexibility index (Phi) is 5.81. The van der Waals surface area contributed by atoms with Gasteiger partial charge in [-0.1, -0.05) is 24.6 Å². The Morgan fingerprint density at radius 1 is 1.20 bits per heavy atom. The predicted molar refractivity (Wildman–Crippen MR) is 113 cm³/mol. The number of nitrogens with two attached hydrogens (primary N) is 1. The number of aromatic hydroxyl groups is 1. The summed E-state index contributed by atoms with van der Waals surface area (Å²) >= 11 is 0. The number of amides is 1. The fraction of sp³-hybridized carbons (Fsp3) is 0.348. The van der Waals surface area contributed by atoms with Gasteiger partial charge < -0.3 is 15.3 Å². The van der Waals surface area contributed by atoms with Crippen molar-refractivity contribution < 1.29 is 14.3 Å². The van der Waals surface area contributed by atoms with E-state index in [1.807, 2.05) is 24.3 Å². The predicted octanol–water partition coefficient (Wildman–Crippen LogP) is 2.89. The summed E-state index contributed by atoms with van der Waals surface area (Å²) in [7, 11) is 0. The van der Waals surface area contributed by atoms with Crippen LogP contribution in [0.1, 0.15) is 48.7 Å². The van der Waals surface area contributed by atoms with Crippen LogP contribution in [-0.4, -0.2) is 34.0 Å². The van der Waals surface area contributed by atoms with E-state index < -0.39 is 23.0 Å². The Balaban J connectivity index is 1.80. The van der Waals surface area contributed by atoms with E-state index in [1.54, 1.807) is 12.3 Å². The van der Waals surface area contributed by atoms with Crippen LogP contribution in [0, 0.1) is 0 Å². The number of hydrogen-bond acceptors (Lipinski definition) is 6. The summed E-state index contributed by atoms with van der Waals surface area (Å²) < 4.78 is 6.04. The molecule has 1 fully saturated rings. The summed E-state index contributed by atoms with van der Waals surface area (Å²) in [6.45, 7) is 2.38. The zero-order valence-corrected chi connectivity index (χ0v) is 16.7. The minimum absolute atomic E-state index is 0.0738. The van der Waals surface area contributed by atoms with Crippen molar-refractivity contribution in [2.45, 2.75) is 38.1 Å². The first-order valence-electron chi connectivity index (χ1n) is 10.2. The van der Waals surface area contributed by atoms with Crippen LogP contribution in [0.5, 0.6) is 5.75 Å². The standard InChI is InChI=1S/C23H25N3O4/c24-21(28)13-18(16-8-9-25-19-7-3-2-6-17(16)19)23-22(29)20(27)12-15(30-23)14-26-10-4-1-5-11-26/h2-3,6-9,12,18,29H,1,4-5,10-11,13-14H2,(H2,24,28)/t18-/m1/s1. The molecule has 3 N–H and O–H groups in total. The summed E-state index contributed by atoms with van der Waals surface area (Å²) in [6, 6.07) is 10.6. The van der Waals surface area contributed by atoms with Crippen LogP contribution >= 0.6 is 0 Å². The number of likely N-dealkylation sites (tertiary alicyclic amines) is 1. The molecule has 1 aliphatic heterocycles. The van der Waals surface area contributed by atoms with Crippen LogP contribution < -0.4 is 11.2 Å². The van der Waals surface area contributed by atoms with Gasteiger partial charge in [0, 0.05) is 24.1 Å². The molecule has 0 aliphatic carbocycles. The van der Waals surface area contributed by atoms with E-state index in [4.69, 9.17) is 10.2 Å². The highest BCUT2D eigenvalue weighted by molar-refractivity contribution is 5.84. The minimum Gasteiger partial charge on any atom is -0.502 e. The van der Waals surface area contributed by atoms with Crippen molar-refractivity contribution in [3.05, 3.63) is 69.9 Å². The number of carbonyl (C=O) groups excluding carboxylic acids is 1. The minimum atomic E-state index is -0.690. The van der Waals surface area contributed by atoms with Gasteiger partial charge in [0.15, 0.2) is 5.76 Å². The summed E-state index contributed by atoms with van der Waals surface area (Å²) in [5, 5.41) is 11.4. The van der Waals surface area contributed by atoms with E-state index in [0.717, 1.165) is 42.4 Å². The molecule has 0 radical (unpaired) electrons. The maximum Gasteiger partial charge on any atom is 0.227 e. The molecule has 1 atom stereocenters. The van der Waals surface area contributed by atoms with Gasteiger partial charge in [0.25, 0.3) is 0 Å². The highest BCUT2D eigenvalue weighted by Crippen LogP contribution is 2.36. The molecule has 7 heteroatoms. The number of pyridine rings is 1. The number of para-hydroxylation sites is 1. The molecule has 0 saturated carbocycles. The smallest absolute Gasteiger partial charge is 0.227 e. The van der Waals surface area contributed by atoms with E-state index >= 15 is 0 Å². The van der Waals surface area contributed by atoms with E-state index in [9.17, 15) is 14.7 Å². The molecule has 156 valence electrons. The fourth-order valence-corrected chi connectivity index (χ4v) is 4.17. The van der Waals surface area contributed by atoms with Gasteiger partial charge in [0.2, 0.25) is 17.1 Å². The first kappa shape index (κ1) is 20.1. The van der Waals surface area contributed by atoms with Gasteiger partial charge in [-0.2, -0.15) is 0 Å². The zero-order valence-electron chi connectivity index (χ0n) is 16.7. The van der Waals surface area contributed by atoms with Crippen molar-refractivity contribution in [2.75, 3.05) is 13.1 Å². The zero-order chi connectivity index (χ0) is 21.1. The van der Waals surface area contributed by atoms with Crippen molar-refractivity contribution in [3.8, 4) is 5.75 Å². The van der Waals surface area contributed by atoms with Crippen LogP contribution in [0.2, 0.25) is 0 Å². The average molecular weight is 407 g/mol. The molecule has 4 rings (SSSR count). The maximum atomic E-state index is 12.5. The first-order chi connectivity index (χ1) is 14.5. The van der Waals surface area contributed by atoms with Gasteiger partial charge in [0.05, 0.1) is 18.0 Å². The van der Waals surface area contributed by atoms with E-state index in [-0.39, 0.29) is 12.2 Å². The van der Waals surface area contributed by atoms with Crippen molar-refractivity contribution in [2.24, 2.45) is 5.73 Å². The molecule has 1 aliphatic rings. The fourth-order valence-electron chi connectivity index (χ4n) is 4.17. The monoisotopic (exact) mass is 407 g/mol. The largest absolute Gasteiger partial charge is 0.502 e. The van der Waals surface area contributed by atoms with Gasteiger partial charge in [0.1, 0.15) is 5.76 Å². The molecule has 2 aromatic heterocycles. The number of hydrogen-bond donors (Lipinski definition) is 2. The van der Waals surface area contributed by atoms with Crippen molar-refractivity contribution in [3.63, 3.8) is 0 Å². The number of piperidine rings is 1. The Labute approximate surface area is 174 Å². The van der Waals surface area contributed by atoms with Crippen molar-refractivity contribution in [1.82, 2.24) is 9.88 Å². The Morgan fingerprint density at radius 3 is 2.73 bits per heavy atom. The number of fused-ring (bicyclic) bond motifs is 1. The van der Waals surface area contributed by atoms with Gasteiger partial charge in [-0.3, -0.25) is 19.5 Å². The average Bonchev–Trinajstić information content (AvgIpc) is 2.75. The number of aromatic nitrogens is 1. The molecule has 30 heavy (non-hydrogen) atoms. The van der Waals surface area contributed by atoms with Crippen LogP contribution in [0.4, 0.5) is 0 Å². The Morgan fingerprint density at radius 2 is 1.97 bits per heavy atom. The molecule has 0 spiro atoms. The second-order valence-corrected chi connectivity index (χ2v) is 7.77.